The lowest BCUT2D eigenvalue weighted by Gasteiger charge is -2.30. The molecular formula is C20H25NO4. The third kappa shape index (κ3) is 3.37. The Labute approximate surface area is 148 Å². The van der Waals surface area contributed by atoms with Crippen LogP contribution >= 0.6 is 0 Å². The van der Waals surface area contributed by atoms with E-state index in [1.54, 1.807) is 28.4 Å². The summed E-state index contributed by atoms with van der Waals surface area (Å²) in [6, 6.07) is 10.2. The van der Waals surface area contributed by atoms with Crippen molar-refractivity contribution < 1.29 is 18.9 Å². The Balaban J connectivity index is 1.96. The molecular weight excluding hydrogens is 318 g/mol. The number of nitrogens with one attached hydrogen (secondary N) is 1. The van der Waals surface area contributed by atoms with Crippen LogP contribution in [0.5, 0.6) is 23.0 Å². The molecule has 1 aliphatic rings. The number of hydrogen-bond acceptors (Lipinski definition) is 5. The zero-order valence-electron chi connectivity index (χ0n) is 15.2. The summed E-state index contributed by atoms with van der Waals surface area (Å²) in [6.45, 7) is 0.911. The van der Waals surface area contributed by atoms with Gasteiger partial charge in [-0.25, -0.2) is 0 Å². The molecule has 5 nitrogen and oxygen atoms in total. The Morgan fingerprint density at radius 3 is 2.16 bits per heavy atom. The van der Waals surface area contributed by atoms with Gasteiger partial charge in [-0.3, -0.25) is 0 Å². The van der Waals surface area contributed by atoms with Crippen LogP contribution in [0.25, 0.3) is 0 Å². The highest BCUT2D eigenvalue weighted by Crippen LogP contribution is 2.39. The predicted molar refractivity (Wildman–Crippen MR) is 97.2 cm³/mol. The highest BCUT2D eigenvalue weighted by atomic mass is 16.5. The van der Waals surface area contributed by atoms with Crippen LogP contribution in [0.3, 0.4) is 0 Å². The Hall–Kier alpha value is -2.40. The molecule has 0 spiro atoms. The van der Waals surface area contributed by atoms with Crippen LogP contribution in [0.2, 0.25) is 0 Å². The molecule has 25 heavy (non-hydrogen) atoms. The standard InChI is InChI=1S/C20H25NO4/c1-22-16-7-8-18(24-3)20-14(16)9-10-21-15(20)11-13-5-6-17(23-2)19(12-13)25-4/h5-8,12,15,21H,9-11H2,1-4H3/t15-/m1/s1. The molecule has 0 unspecified atom stereocenters. The van der Waals surface area contributed by atoms with Crippen molar-refractivity contribution in [1.82, 2.24) is 5.32 Å². The highest BCUT2D eigenvalue weighted by molar-refractivity contribution is 5.52. The van der Waals surface area contributed by atoms with Crippen LogP contribution in [0.4, 0.5) is 0 Å². The number of benzene rings is 2. The van der Waals surface area contributed by atoms with Gasteiger partial charge in [0, 0.05) is 17.2 Å². The molecule has 0 bridgehead atoms. The first kappa shape index (κ1) is 17.4. The molecule has 0 aromatic heterocycles. The van der Waals surface area contributed by atoms with Crippen molar-refractivity contribution in [2.75, 3.05) is 35.0 Å². The Bertz CT molecular complexity index is 745. The normalized spacial score (nSPS) is 16.1. The van der Waals surface area contributed by atoms with Crippen LogP contribution in [-0.2, 0) is 12.8 Å². The maximum absolute atomic E-state index is 5.62. The number of fused-ring (bicyclic) bond motifs is 1. The molecule has 2 aromatic carbocycles. The minimum atomic E-state index is 0.159. The van der Waals surface area contributed by atoms with Gasteiger partial charge >= 0.3 is 0 Å². The largest absolute Gasteiger partial charge is 0.496 e. The van der Waals surface area contributed by atoms with Gasteiger partial charge in [-0.05, 0) is 49.2 Å². The van der Waals surface area contributed by atoms with Crippen molar-refractivity contribution in [3.8, 4) is 23.0 Å². The smallest absolute Gasteiger partial charge is 0.160 e. The van der Waals surface area contributed by atoms with E-state index >= 15 is 0 Å². The second-order valence-corrected chi connectivity index (χ2v) is 6.01. The summed E-state index contributed by atoms with van der Waals surface area (Å²) >= 11 is 0. The summed E-state index contributed by atoms with van der Waals surface area (Å²) in [4.78, 5) is 0. The summed E-state index contributed by atoms with van der Waals surface area (Å²) in [6.07, 6.45) is 1.76. The molecule has 1 atom stereocenters. The molecule has 1 aliphatic heterocycles. The SMILES string of the molecule is COc1ccc(C[C@H]2NCCc3c(OC)ccc(OC)c32)cc1OC. The maximum atomic E-state index is 5.62. The number of ether oxygens (including phenoxy) is 4. The van der Waals surface area contributed by atoms with E-state index in [4.69, 9.17) is 18.9 Å². The van der Waals surface area contributed by atoms with Crippen LogP contribution < -0.4 is 24.3 Å². The molecule has 0 amide bonds. The van der Waals surface area contributed by atoms with Gasteiger partial charge in [-0.15, -0.1) is 0 Å². The average Bonchev–Trinajstić information content (AvgIpc) is 2.67. The van der Waals surface area contributed by atoms with E-state index in [2.05, 4.69) is 11.4 Å². The summed E-state index contributed by atoms with van der Waals surface area (Å²) in [5.41, 5.74) is 3.59. The predicted octanol–water partition coefficient (Wildman–Crippen LogP) is 3.15. The first-order chi connectivity index (χ1) is 12.2. The fourth-order valence-corrected chi connectivity index (χ4v) is 3.52. The molecule has 1 N–H and O–H groups in total. The minimum absolute atomic E-state index is 0.159. The van der Waals surface area contributed by atoms with Crippen molar-refractivity contribution in [2.45, 2.75) is 18.9 Å². The van der Waals surface area contributed by atoms with Crippen molar-refractivity contribution >= 4 is 0 Å². The fourth-order valence-electron chi connectivity index (χ4n) is 3.52. The monoisotopic (exact) mass is 343 g/mol. The zero-order valence-corrected chi connectivity index (χ0v) is 15.2. The molecule has 0 saturated carbocycles. The molecule has 3 rings (SSSR count). The van der Waals surface area contributed by atoms with Gasteiger partial charge in [0.25, 0.3) is 0 Å². The van der Waals surface area contributed by atoms with E-state index in [1.807, 2.05) is 24.3 Å². The first-order valence-corrected chi connectivity index (χ1v) is 8.39. The Morgan fingerprint density at radius 2 is 1.48 bits per heavy atom. The van der Waals surface area contributed by atoms with Gasteiger partial charge in [0.05, 0.1) is 28.4 Å². The van der Waals surface area contributed by atoms with E-state index in [0.29, 0.717) is 0 Å². The Morgan fingerprint density at radius 1 is 0.840 bits per heavy atom. The quantitative estimate of drug-likeness (QED) is 0.873. The lowest BCUT2D eigenvalue weighted by atomic mass is 9.88. The van der Waals surface area contributed by atoms with Gasteiger partial charge < -0.3 is 24.3 Å². The average molecular weight is 343 g/mol. The highest BCUT2D eigenvalue weighted by Gasteiger charge is 2.26. The van der Waals surface area contributed by atoms with Gasteiger partial charge in [0.2, 0.25) is 0 Å². The van der Waals surface area contributed by atoms with Gasteiger partial charge in [0.15, 0.2) is 11.5 Å². The summed E-state index contributed by atoms with van der Waals surface area (Å²) in [7, 11) is 6.73. The van der Waals surface area contributed by atoms with E-state index in [0.717, 1.165) is 42.4 Å². The number of rotatable bonds is 6. The van der Waals surface area contributed by atoms with Crippen LogP contribution in [-0.4, -0.2) is 35.0 Å². The third-order valence-electron chi connectivity index (χ3n) is 4.72. The topological polar surface area (TPSA) is 49.0 Å². The van der Waals surface area contributed by atoms with Crippen molar-refractivity contribution in [3.63, 3.8) is 0 Å². The molecule has 5 heteroatoms. The molecule has 1 heterocycles. The van der Waals surface area contributed by atoms with E-state index in [1.165, 1.54) is 16.7 Å². The number of methoxy groups -OCH3 is 4. The number of hydrogen-bond donors (Lipinski definition) is 1. The Kier molecular flexibility index (Phi) is 5.34. The summed E-state index contributed by atoms with van der Waals surface area (Å²) < 4.78 is 21.9. The molecule has 134 valence electrons. The maximum Gasteiger partial charge on any atom is 0.160 e. The second-order valence-electron chi connectivity index (χ2n) is 6.01. The second kappa shape index (κ2) is 7.66. The third-order valence-corrected chi connectivity index (χ3v) is 4.72. The van der Waals surface area contributed by atoms with Crippen molar-refractivity contribution in [1.29, 1.82) is 0 Å². The summed E-state index contributed by atoms with van der Waals surface area (Å²) in [5, 5.41) is 3.61. The van der Waals surface area contributed by atoms with Crippen molar-refractivity contribution in [3.05, 3.63) is 47.0 Å². The van der Waals surface area contributed by atoms with E-state index in [9.17, 15) is 0 Å². The zero-order chi connectivity index (χ0) is 17.8. The molecule has 2 aromatic rings. The summed E-state index contributed by atoms with van der Waals surface area (Å²) in [5.74, 6) is 3.30. The van der Waals surface area contributed by atoms with Crippen LogP contribution in [0.15, 0.2) is 30.3 Å². The van der Waals surface area contributed by atoms with Crippen molar-refractivity contribution in [2.24, 2.45) is 0 Å². The lowest BCUT2D eigenvalue weighted by Crippen LogP contribution is -2.32. The van der Waals surface area contributed by atoms with Crippen LogP contribution in [0, 0.1) is 0 Å². The molecule has 0 aliphatic carbocycles. The van der Waals surface area contributed by atoms with Crippen LogP contribution in [0.1, 0.15) is 22.7 Å². The van der Waals surface area contributed by atoms with Gasteiger partial charge in [-0.2, -0.15) is 0 Å². The molecule has 0 radical (unpaired) electrons. The van der Waals surface area contributed by atoms with E-state index in [-0.39, 0.29) is 6.04 Å². The first-order valence-electron chi connectivity index (χ1n) is 8.39. The van der Waals surface area contributed by atoms with Gasteiger partial charge in [-0.1, -0.05) is 6.07 Å². The lowest BCUT2D eigenvalue weighted by molar-refractivity contribution is 0.354. The van der Waals surface area contributed by atoms with E-state index < -0.39 is 0 Å². The minimum Gasteiger partial charge on any atom is -0.496 e. The fraction of sp³-hybridized carbons (Fsp3) is 0.400. The van der Waals surface area contributed by atoms with Gasteiger partial charge in [0.1, 0.15) is 11.5 Å². The molecule has 0 saturated heterocycles. The molecule has 0 fully saturated rings.